The first-order valence-electron chi connectivity index (χ1n) is 14.5. The van der Waals surface area contributed by atoms with Crippen LogP contribution < -0.4 is 0 Å². The largest absolute Gasteiger partial charge is 0.455 e. The average molecular weight is 509 g/mol. The van der Waals surface area contributed by atoms with Gasteiger partial charge in [0, 0.05) is 25.0 Å². The Bertz CT molecular complexity index is 559. The highest BCUT2D eigenvalue weighted by Gasteiger charge is 2.08. The maximum absolute atomic E-state index is 11.8. The standard InChI is InChI=1S/C30H52O6/c1-3-5-7-9-11-13-15-17-19-21-27(31)25-35-29(33)23-24-30(34)36-26-28(32)22-20-18-16-14-12-10-8-6-4-2/h23-24H,3-22,25-26H2,1-2H3/b24-23+. The summed E-state index contributed by atoms with van der Waals surface area (Å²) < 4.78 is 9.75. The fraction of sp³-hybridized carbons (Fsp3) is 0.800. The number of Topliss-reactive ketones (excluding diaryl/α,β-unsaturated/α-hetero) is 2. The van der Waals surface area contributed by atoms with E-state index in [0.29, 0.717) is 12.8 Å². The van der Waals surface area contributed by atoms with Gasteiger partial charge in [0.05, 0.1) is 0 Å². The summed E-state index contributed by atoms with van der Waals surface area (Å²) in [7, 11) is 0. The lowest BCUT2D eigenvalue weighted by Crippen LogP contribution is -2.14. The van der Waals surface area contributed by atoms with Crippen molar-refractivity contribution in [2.45, 2.75) is 142 Å². The van der Waals surface area contributed by atoms with Crippen molar-refractivity contribution in [1.29, 1.82) is 0 Å². The molecule has 0 fully saturated rings. The number of ketones is 2. The number of ether oxygens (including phenoxy) is 2. The Balaban J connectivity index is 3.67. The third-order valence-corrected chi connectivity index (χ3v) is 6.22. The van der Waals surface area contributed by atoms with E-state index in [1.807, 2.05) is 0 Å². The van der Waals surface area contributed by atoms with Gasteiger partial charge in [0.2, 0.25) is 0 Å². The third-order valence-electron chi connectivity index (χ3n) is 6.22. The molecule has 6 nitrogen and oxygen atoms in total. The van der Waals surface area contributed by atoms with Crippen LogP contribution in [0.2, 0.25) is 0 Å². The minimum Gasteiger partial charge on any atom is -0.455 e. The second-order valence-electron chi connectivity index (χ2n) is 9.78. The Morgan fingerprint density at radius 3 is 1.03 bits per heavy atom. The van der Waals surface area contributed by atoms with Crippen LogP contribution >= 0.6 is 0 Å². The molecule has 0 saturated carbocycles. The third kappa shape index (κ3) is 25.1. The number of rotatable bonds is 26. The highest BCUT2D eigenvalue weighted by Crippen LogP contribution is 2.12. The predicted molar refractivity (Wildman–Crippen MR) is 145 cm³/mol. The van der Waals surface area contributed by atoms with E-state index >= 15 is 0 Å². The van der Waals surface area contributed by atoms with E-state index in [4.69, 9.17) is 9.47 Å². The zero-order valence-electron chi connectivity index (χ0n) is 23.2. The lowest BCUT2D eigenvalue weighted by atomic mass is 10.1. The van der Waals surface area contributed by atoms with Gasteiger partial charge in [-0.25, -0.2) is 9.59 Å². The summed E-state index contributed by atoms with van der Waals surface area (Å²) in [5.41, 5.74) is 0. The molecular weight excluding hydrogens is 456 g/mol. The molecule has 0 aromatic heterocycles. The zero-order chi connectivity index (χ0) is 26.7. The molecule has 0 heterocycles. The van der Waals surface area contributed by atoms with Crippen molar-refractivity contribution in [3.63, 3.8) is 0 Å². The predicted octanol–water partition coefficient (Wildman–Crippen LogP) is 7.61. The molecule has 0 saturated heterocycles. The maximum atomic E-state index is 11.8. The molecular formula is C30H52O6. The summed E-state index contributed by atoms with van der Waals surface area (Å²) in [4.78, 5) is 47.0. The van der Waals surface area contributed by atoms with Gasteiger partial charge in [0.15, 0.2) is 11.6 Å². The Morgan fingerprint density at radius 1 is 0.444 bits per heavy atom. The SMILES string of the molecule is CCCCCCCCCCCC(=O)COC(=O)/C=C/C(=O)OCC(=O)CCCCCCCCCCC. The molecule has 0 aromatic carbocycles. The molecule has 36 heavy (non-hydrogen) atoms. The van der Waals surface area contributed by atoms with Crippen LogP contribution in [-0.4, -0.2) is 36.7 Å². The molecule has 0 radical (unpaired) electrons. The second-order valence-corrected chi connectivity index (χ2v) is 9.78. The molecule has 6 heteroatoms. The van der Waals surface area contributed by atoms with E-state index in [1.54, 1.807) is 0 Å². The molecule has 0 unspecified atom stereocenters. The van der Waals surface area contributed by atoms with Crippen molar-refractivity contribution >= 4 is 23.5 Å². The highest BCUT2D eigenvalue weighted by atomic mass is 16.5. The Labute approximate surface area is 220 Å². The quantitative estimate of drug-likeness (QED) is 0.0679. The molecule has 0 amide bonds. The number of hydrogen-bond acceptors (Lipinski definition) is 6. The normalized spacial score (nSPS) is 11.1. The van der Waals surface area contributed by atoms with Gasteiger partial charge in [-0.3, -0.25) is 9.59 Å². The maximum Gasteiger partial charge on any atom is 0.331 e. The molecule has 208 valence electrons. The van der Waals surface area contributed by atoms with Gasteiger partial charge in [-0.1, -0.05) is 117 Å². The molecule has 0 N–H and O–H groups in total. The van der Waals surface area contributed by atoms with Crippen molar-refractivity contribution < 1.29 is 28.7 Å². The molecule has 0 aliphatic carbocycles. The second kappa shape index (κ2) is 26.1. The van der Waals surface area contributed by atoms with Crippen molar-refractivity contribution in [3.8, 4) is 0 Å². The van der Waals surface area contributed by atoms with Crippen molar-refractivity contribution in [1.82, 2.24) is 0 Å². The Kier molecular flexibility index (Phi) is 24.7. The van der Waals surface area contributed by atoms with Crippen LogP contribution in [0.25, 0.3) is 0 Å². The van der Waals surface area contributed by atoms with Gasteiger partial charge in [-0.2, -0.15) is 0 Å². The van der Waals surface area contributed by atoms with Crippen LogP contribution in [-0.2, 0) is 28.7 Å². The minimum atomic E-state index is -0.770. The summed E-state index contributed by atoms with van der Waals surface area (Å²) in [6.45, 7) is 3.85. The fourth-order valence-electron chi connectivity index (χ4n) is 3.95. The molecule has 0 aromatic rings. The van der Waals surface area contributed by atoms with E-state index in [-0.39, 0.29) is 24.8 Å². The summed E-state index contributed by atoms with van der Waals surface area (Å²) in [6, 6.07) is 0. The number of esters is 2. The van der Waals surface area contributed by atoms with E-state index in [0.717, 1.165) is 50.7 Å². The van der Waals surface area contributed by atoms with Gasteiger partial charge in [-0.05, 0) is 12.8 Å². The van der Waals surface area contributed by atoms with Crippen LogP contribution in [0, 0.1) is 0 Å². The monoisotopic (exact) mass is 508 g/mol. The van der Waals surface area contributed by atoms with E-state index in [9.17, 15) is 19.2 Å². The van der Waals surface area contributed by atoms with Crippen LogP contribution in [0.1, 0.15) is 142 Å². The molecule has 0 atom stereocenters. The van der Waals surface area contributed by atoms with E-state index < -0.39 is 11.9 Å². The summed E-state index contributed by atoms with van der Waals surface area (Å²) in [5.74, 6) is -1.78. The number of carbonyl (C=O) groups is 4. The first-order chi connectivity index (χ1) is 17.5. The molecule has 0 aliphatic heterocycles. The van der Waals surface area contributed by atoms with Crippen molar-refractivity contribution in [2.75, 3.05) is 13.2 Å². The van der Waals surface area contributed by atoms with Crippen molar-refractivity contribution in [2.24, 2.45) is 0 Å². The van der Waals surface area contributed by atoms with Gasteiger partial charge in [0.25, 0.3) is 0 Å². The Morgan fingerprint density at radius 2 is 0.722 bits per heavy atom. The summed E-state index contributed by atoms with van der Waals surface area (Å²) in [6.07, 6.45) is 23.8. The fourth-order valence-corrected chi connectivity index (χ4v) is 3.95. The van der Waals surface area contributed by atoms with E-state index in [1.165, 1.54) is 77.0 Å². The van der Waals surface area contributed by atoms with Crippen molar-refractivity contribution in [3.05, 3.63) is 12.2 Å². The first kappa shape index (κ1) is 34.0. The van der Waals surface area contributed by atoms with Crippen LogP contribution in [0.3, 0.4) is 0 Å². The highest BCUT2D eigenvalue weighted by molar-refractivity contribution is 5.93. The van der Waals surface area contributed by atoms with Gasteiger partial charge < -0.3 is 9.47 Å². The Hall–Kier alpha value is -1.98. The van der Waals surface area contributed by atoms with E-state index in [2.05, 4.69) is 13.8 Å². The topological polar surface area (TPSA) is 86.7 Å². The number of hydrogen-bond donors (Lipinski definition) is 0. The molecule has 0 bridgehead atoms. The molecule has 0 spiro atoms. The summed E-state index contributed by atoms with van der Waals surface area (Å²) >= 11 is 0. The minimum absolute atomic E-state index is 0.121. The van der Waals surface area contributed by atoms with Crippen LogP contribution in [0.4, 0.5) is 0 Å². The van der Waals surface area contributed by atoms with Gasteiger partial charge in [-0.15, -0.1) is 0 Å². The molecule has 0 rings (SSSR count). The average Bonchev–Trinajstić information content (AvgIpc) is 2.87. The number of unbranched alkanes of at least 4 members (excludes halogenated alkanes) is 16. The first-order valence-corrected chi connectivity index (χ1v) is 14.5. The van der Waals surface area contributed by atoms with Gasteiger partial charge in [0.1, 0.15) is 13.2 Å². The smallest absolute Gasteiger partial charge is 0.331 e. The zero-order valence-corrected chi connectivity index (χ0v) is 23.2. The molecule has 0 aliphatic rings. The summed E-state index contributed by atoms with van der Waals surface area (Å²) in [5, 5.41) is 0. The van der Waals surface area contributed by atoms with Crippen LogP contribution in [0.5, 0.6) is 0 Å². The lowest BCUT2D eigenvalue weighted by Gasteiger charge is -2.04. The number of carbonyl (C=O) groups excluding carboxylic acids is 4. The lowest BCUT2D eigenvalue weighted by molar-refractivity contribution is -0.144. The van der Waals surface area contributed by atoms with Crippen LogP contribution in [0.15, 0.2) is 12.2 Å². The van der Waals surface area contributed by atoms with Gasteiger partial charge >= 0.3 is 11.9 Å².